The van der Waals surface area contributed by atoms with E-state index in [2.05, 4.69) is 34.7 Å². The summed E-state index contributed by atoms with van der Waals surface area (Å²) in [5.74, 6) is 0.897. The molecule has 1 fully saturated rings. The van der Waals surface area contributed by atoms with Crippen molar-refractivity contribution in [2.75, 3.05) is 10.6 Å². The Hall–Kier alpha value is -2.36. The van der Waals surface area contributed by atoms with Gasteiger partial charge in [-0.2, -0.15) is 0 Å². The number of benzene rings is 1. The van der Waals surface area contributed by atoms with Gasteiger partial charge in [-0.15, -0.1) is 0 Å². The zero-order valence-corrected chi connectivity index (χ0v) is 12.0. The molecule has 0 radical (unpaired) electrons. The number of hydrogen-bond acceptors (Lipinski definition) is 3. The SMILES string of the molecule is CC(Nc1ccc(NC(=O)C2CC2)nc1)c1ccccc1. The van der Waals surface area contributed by atoms with Crippen molar-refractivity contribution in [3.8, 4) is 0 Å². The number of carbonyl (C=O) groups excluding carboxylic acids is 1. The van der Waals surface area contributed by atoms with Crippen LogP contribution in [0.3, 0.4) is 0 Å². The highest BCUT2D eigenvalue weighted by atomic mass is 16.2. The van der Waals surface area contributed by atoms with Crippen molar-refractivity contribution >= 4 is 17.4 Å². The highest BCUT2D eigenvalue weighted by Gasteiger charge is 2.29. The normalized spacial score (nSPS) is 15.3. The topological polar surface area (TPSA) is 54.0 Å². The van der Waals surface area contributed by atoms with Crippen molar-refractivity contribution in [1.29, 1.82) is 0 Å². The summed E-state index contributed by atoms with van der Waals surface area (Å²) >= 11 is 0. The number of carbonyl (C=O) groups is 1. The van der Waals surface area contributed by atoms with Gasteiger partial charge in [-0.3, -0.25) is 4.79 Å². The third-order valence-electron chi connectivity index (χ3n) is 3.65. The fourth-order valence-electron chi connectivity index (χ4n) is 2.20. The Kier molecular flexibility index (Phi) is 3.86. The molecule has 4 heteroatoms. The Labute approximate surface area is 124 Å². The summed E-state index contributed by atoms with van der Waals surface area (Å²) < 4.78 is 0. The molecule has 0 bridgehead atoms. The zero-order chi connectivity index (χ0) is 14.7. The zero-order valence-electron chi connectivity index (χ0n) is 12.0. The summed E-state index contributed by atoms with van der Waals surface area (Å²) in [5.41, 5.74) is 2.17. The number of nitrogens with one attached hydrogen (secondary N) is 2. The molecule has 4 nitrogen and oxygen atoms in total. The second-order valence-corrected chi connectivity index (χ2v) is 5.47. The first kappa shape index (κ1) is 13.6. The first-order valence-electron chi connectivity index (χ1n) is 7.31. The first-order valence-corrected chi connectivity index (χ1v) is 7.31. The minimum atomic E-state index is 0.0841. The molecule has 1 aliphatic rings. The summed E-state index contributed by atoms with van der Waals surface area (Å²) in [4.78, 5) is 15.9. The highest BCUT2D eigenvalue weighted by molar-refractivity contribution is 5.93. The van der Waals surface area contributed by atoms with E-state index in [1.54, 1.807) is 6.20 Å². The van der Waals surface area contributed by atoms with Crippen LogP contribution in [0.4, 0.5) is 11.5 Å². The minimum absolute atomic E-state index is 0.0841. The molecular weight excluding hydrogens is 262 g/mol. The summed E-state index contributed by atoms with van der Waals surface area (Å²) in [6, 6.07) is 14.2. The Morgan fingerprint density at radius 2 is 1.95 bits per heavy atom. The lowest BCUT2D eigenvalue weighted by atomic mass is 10.1. The van der Waals surface area contributed by atoms with Crippen molar-refractivity contribution in [2.24, 2.45) is 5.92 Å². The van der Waals surface area contributed by atoms with E-state index in [0.29, 0.717) is 5.82 Å². The largest absolute Gasteiger partial charge is 0.377 e. The van der Waals surface area contributed by atoms with Crippen LogP contribution < -0.4 is 10.6 Å². The van der Waals surface area contributed by atoms with Gasteiger partial charge in [0.25, 0.3) is 0 Å². The van der Waals surface area contributed by atoms with E-state index in [1.165, 1.54) is 5.56 Å². The molecular formula is C17H19N3O. The maximum atomic E-state index is 11.7. The van der Waals surface area contributed by atoms with Crippen molar-refractivity contribution in [2.45, 2.75) is 25.8 Å². The lowest BCUT2D eigenvalue weighted by molar-refractivity contribution is -0.117. The second kappa shape index (κ2) is 5.95. The Morgan fingerprint density at radius 3 is 2.57 bits per heavy atom. The molecule has 2 N–H and O–H groups in total. The molecule has 3 rings (SSSR count). The van der Waals surface area contributed by atoms with Crippen molar-refractivity contribution in [1.82, 2.24) is 4.98 Å². The van der Waals surface area contributed by atoms with Crippen LogP contribution in [0.5, 0.6) is 0 Å². The van der Waals surface area contributed by atoms with Crippen LogP contribution in [0.1, 0.15) is 31.4 Å². The van der Waals surface area contributed by atoms with Crippen LogP contribution in [-0.2, 0) is 4.79 Å². The van der Waals surface area contributed by atoms with Crippen LogP contribution in [0.15, 0.2) is 48.7 Å². The van der Waals surface area contributed by atoms with Crippen molar-refractivity contribution in [3.05, 3.63) is 54.2 Å². The molecule has 0 saturated heterocycles. The Morgan fingerprint density at radius 1 is 1.19 bits per heavy atom. The van der Waals surface area contributed by atoms with E-state index in [0.717, 1.165) is 18.5 Å². The fourth-order valence-corrected chi connectivity index (χ4v) is 2.20. The number of amides is 1. The van der Waals surface area contributed by atoms with Crippen LogP contribution in [0, 0.1) is 5.92 Å². The van der Waals surface area contributed by atoms with Crippen LogP contribution in [0.2, 0.25) is 0 Å². The van der Waals surface area contributed by atoms with Gasteiger partial charge in [0.2, 0.25) is 5.91 Å². The van der Waals surface area contributed by atoms with E-state index in [1.807, 2.05) is 30.3 Å². The standard InChI is InChI=1S/C17H19N3O/c1-12(13-5-3-2-4-6-13)19-15-9-10-16(18-11-15)20-17(21)14-7-8-14/h2-6,9-12,14,19H,7-8H2,1H3,(H,18,20,21). The van der Waals surface area contributed by atoms with Crippen LogP contribution in [-0.4, -0.2) is 10.9 Å². The van der Waals surface area contributed by atoms with Gasteiger partial charge in [0.15, 0.2) is 0 Å². The highest BCUT2D eigenvalue weighted by Crippen LogP contribution is 2.30. The van der Waals surface area contributed by atoms with Crippen molar-refractivity contribution in [3.63, 3.8) is 0 Å². The summed E-state index contributed by atoms with van der Waals surface area (Å²) in [5, 5.41) is 6.24. The molecule has 1 amide bonds. The minimum Gasteiger partial charge on any atom is -0.377 e. The monoisotopic (exact) mass is 281 g/mol. The number of rotatable bonds is 5. The van der Waals surface area contributed by atoms with E-state index in [9.17, 15) is 4.79 Å². The van der Waals surface area contributed by atoms with E-state index in [4.69, 9.17) is 0 Å². The predicted octanol–water partition coefficient (Wildman–Crippen LogP) is 3.60. The third-order valence-corrected chi connectivity index (χ3v) is 3.65. The summed E-state index contributed by atoms with van der Waals surface area (Å²) in [6.45, 7) is 2.11. The average Bonchev–Trinajstić information content (AvgIpc) is 3.35. The van der Waals surface area contributed by atoms with E-state index in [-0.39, 0.29) is 17.9 Å². The molecule has 1 unspecified atom stereocenters. The Bertz CT molecular complexity index is 606. The van der Waals surface area contributed by atoms with Crippen LogP contribution >= 0.6 is 0 Å². The van der Waals surface area contributed by atoms with E-state index < -0.39 is 0 Å². The van der Waals surface area contributed by atoms with Gasteiger partial charge in [0.1, 0.15) is 5.82 Å². The van der Waals surface area contributed by atoms with Gasteiger partial charge in [0, 0.05) is 12.0 Å². The maximum Gasteiger partial charge on any atom is 0.228 e. The Balaban J connectivity index is 1.60. The number of pyridine rings is 1. The average molecular weight is 281 g/mol. The number of aromatic nitrogens is 1. The molecule has 1 aromatic carbocycles. The first-order chi connectivity index (χ1) is 10.2. The predicted molar refractivity (Wildman–Crippen MR) is 84.1 cm³/mol. The summed E-state index contributed by atoms with van der Waals surface area (Å²) in [6.07, 6.45) is 3.75. The number of nitrogens with zero attached hydrogens (tertiary/aromatic N) is 1. The molecule has 1 saturated carbocycles. The van der Waals surface area contributed by atoms with Gasteiger partial charge < -0.3 is 10.6 Å². The molecule has 0 aliphatic heterocycles. The molecule has 2 aromatic rings. The molecule has 1 aliphatic carbocycles. The molecule has 108 valence electrons. The molecule has 0 spiro atoms. The van der Waals surface area contributed by atoms with Gasteiger partial charge >= 0.3 is 0 Å². The van der Waals surface area contributed by atoms with Crippen LogP contribution in [0.25, 0.3) is 0 Å². The molecule has 1 aromatic heterocycles. The fraction of sp³-hybridized carbons (Fsp3) is 0.294. The molecule has 1 heterocycles. The quantitative estimate of drug-likeness (QED) is 0.880. The number of anilines is 2. The molecule has 21 heavy (non-hydrogen) atoms. The lowest BCUT2D eigenvalue weighted by Crippen LogP contribution is -2.14. The van der Waals surface area contributed by atoms with Crippen molar-refractivity contribution < 1.29 is 4.79 Å². The second-order valence-electron chi connectivity index (χ2n) is 5.47. The summed E-state index contributed by atoms with van der Waals surface area (Å²) in [7, 11) is 0. The third kappa shape index (κ3) is 3.60. The maximum absolute atomic E-state index is 11.7. The number of hydrogen-bond donors (Lipinski definition) is 2. The van der Waals surface area contributed by atoms with Gasteiger partial charge in [-0.25, -0.2) is 4.98 Å². The molecule has 1 atom stereocenters. The van der Waals surface area contributed by atoms with Gasteiger partial charge in [0.05, 0.1) is 11.9 Å². The van der Waals surface area contributed by atoms with Gasteiger partial charge in [-0.1, -0.05) is 30.3 Å². The smallest absolute Gasteiger partial charge is 0.228 e. The van der Waals surface area contributed by atoms with E-state index >= 15 is 0 Å². The van der Waals surface area contributed by atoms with Gasteiger partial charge in [-0.05, 0) is 37.5 Å². The lowest BCUT2D eigenvalue weighted by Gasteiger charge is -2.15.